The summed E-state index contributed by atoms with van der Waals surface area (Å²) in [4.78, 5) is 26.3. The zero-order valence-corrected chi connectivity index (χ0v) is 11.5. The molecule has 7 heteroatoms. The van der Waals surface area contributed by atoms with Crippen LogP contribution in [0.25, 0.3) is 0 Å². The van der Waals surface area contributed by atoms with Crippen LogP contribution in [0.15, 0.2) is 18.2 Å². The van der Waals surface area contributed by atoms with Crippen molar-refractivity contribution < 1.29 is 24.2 Å². The zero-order chi connectivity index (χ0) is 15.4. The summed E-state index contributed by atoms with van der Waals surface area (Å²) in [6.07, 6.45) is 0.634. The lowest BCUT2D eigenvalue weighted by molar-refractivity contribution is -0.138. The van der Waals surface area contributed by atoms with Crippen molar-refractivity contribution in [2.24, 2.45) is 0 Å². The number of aromatic hydroxyl groups is 1. The first-order valence-corrected chi connectivity index (χ1v) is 6.69. The number of carboxylic acid groups (broad SMARTS) is 1. The predicted molar refractivity (Wildman–Crippen MR) is 72.7 cm³/mol. The van der Waals surface area contributed by atoms with Gasteiger partial charge in [-0.3, -0.25) is 14.5 Å². The van der Waals surface area contributed by atoms with Gasteiger partial charge < -0.3 is 15.1 Å². The number of hydrogen-bond acceptors (Lipinski definition) is 4. The standard InChI is InChI=1S/C14H17FN2O4/c15-10-2-3-12(18)11(8-10)14(21)17-5-1-4-16(6-7-17)9-13(19)20/h2-3,8,18H,1,4-7,9H2,(H,19,20). The summed E-state index contributed by atoms with van der Waals surface area (Å²) in [5, 5.41) is 18.5. The molecule has 1 aliphatic rings. The molecule has 2 N–H and O–H groups in total. The Hall–Kier alpha value is -2.15. The molecule has 1 aliphatic heterocycles. The van der Waals surface area contributed by atoms with Crippen LogP contribution in [-0.2, 0) is 4.79 Å². The number of halogens is 1. The molecule has 0 aliphatic carbocycles. The number of nitrogens with zero attached hydrogens (tertiary/aromatic N) is 2. The van der Waals surface area contributed by atoms with Gasteiger partial charge in [0, 0.05) is 26.2 Å². The Morgan fingerprint density at radius 1 is 1.19 bits per heavy atom. The second-order valence-electron chi connectivity index (χ2n) is 4.98. The maximum absolute atomic E-state index is 13.2. The SMILES string of the molecule is O=C(O)CN1CCCN(C(=O)c2cc(F)ccc2O)CC1. The predicted octanol–water partition coefficient (Wildman–Crippen LogP) is 0.764. The summed E-state index contributed by atoms with van der Waals surface area (Å²) in [6, 6.07) is 3.25. The summed E-state index contributed by atoms with van der Waals surface area (Å²) in [5.41, 5.74) is -0.0679. The van der Waals surface area contributed by atoms with Crippen molar-refractivity contribution in [1.82, 2.24) is 9.80 Å². The Labute approximate surface area is 121 Å². The number of phenols is 1. The minimum atomic E-state index is -0.905. The summed E-state index contributed by atoms with van der Waals surface area (Å²) in [6.45, 7) is 1.76. The molecule has 1 aromatic carbocycles. The van der Waals surface area contributed by atoms with Gasteiger partial charge in [-0.1, -0.05) is 0 Å². The van der Waals surface area contributed by atoms with Gasteiger partial charge in [0.15, 0.2) is 0 Å². The van der Waals surface area contributed by atoms with E-state index in [1.807, 2.05) is 0 Å². The number of carbonyl (C=O) groups excluding carboxylic acids is 1. The van der Waals surface area contributed by atoms with Gasteiger partial charge in [0.2, 0.25) is 0 Å². The Balaban J connectivity index is 2.06. The van der Waals surface area contributed by atoms with Gasteiger partial charge in [0.1, 0.15) is 11.6 Å². The van der Waals surface area contributed by atoms with Crippen molar-refractivity contribution in [1.29, 1.82) is 0 Å². The molecule has 0 saturated carbocycles. The minimum absolute atomic E-state index is 0.0623. The summed E-state index contributed by atoms with van der Waals surface area (Å²) >= 11 is 0. The van der Waals surface area contributed by atoms with Crippen molar-refractivity contribution >= 4 is 11.9 Å². The fourth-order valence-electron chi connectivity index (χ4n) is 2.37. The molecular weight excluding hydrogens is 279 g/mol. The fourth-order valence-corrected chi connectivity index (χ4v) is 2.37. The first-order valence-electron chi connectivity index (χ1n) is 6.69. The van der Waals surface area contributed by atoms with Crippen molar-refractivity contribution in [2.75, 3.05) is 32.7 Å². The number of carbonyl (C=O) groups is 2. The normalized spacial score (nSPS) is 16.5. The number of phenolic OH excluding ortho intramolecular Hbond substituents is 1. The molecule has 0 aromatic heterocycles. The highest BCUT2D eigenvalue weighted by molar-refractivity contribution is 5.96. The lowest BCUT2D eigenvalue weighted by Gasteiger charge is -2.21. The monoisotopic (exact) mass is 296 g/mol. The van der Waals surface area contributed by atoms with Gasteiger partial charge in [-0.2, -0.15) is 0 Å². The van der Waals surface area contributed by atoms with E-state index in [1.54, 1.807) is 4.90 Å². The molecule has 1 aromatic rings. The molecule has 0 bridgehead atoms. The van der Waals surface area contributed by atoms with Crippen molar-refractivity contribution in [3.63, 3.8) is 0 Å². The van der Waals surface area contributed by atoms with Crippen LogP contribution < -0.4 is 0 Å². The molecule has 1 fully saturated rings. The van der Waals surface area contributed by atoms with Crippen LogP contribution >= 0.6 is 0 Å². The average molecular weight is 296 g/mol. The number of benzene rings is 1. The molecule has 1 saturated heterocycles. The third-order valence-electron chi connectivity index (χ3n) is 3.42. The van der Waals surface area contributed by atoms with Gasteiger partial charge in [-0.25, -0.2) is 4.39 Å². The maximum Gasteiger partial charge on any atom is 0.317 e. The van der Waals surface area contributed by atoms with Crippen LogP contribution in [0.3, 0.4) is 0 Å². The molecule has 0 unspecified atom stereocenters. The molecule has 6 nitrogen and oxygen atoms in total. The number of amides is 1. The largest absolute Gasteiger partial charge is 0.507 e. The highest BCUT2D eigenvalue weighted by Gasteiger charge is 2.23. The number of hydrogen-bond donors (Lipinski definition) is 2. The van der Waals surface area contributed by atoms with Crippen LogP contribution in [0.1, 0.15) is 16.8 Å². The fraction of sp³-hybridized carbons (Fsp3) is 0.429. The van der Waals surface area contributed by atoms with Crippen molar-refractivity contribution in [3.05, 3.63) is 29.6 Å². The lowest BCUT2D eigenvalue weighted by Crippen LogP contribution is -2.36. The second kappa shape index (κ2) is 6.53. The smallest absolute Gasteiger partial charge is 0.317 e. The second-order valence-corrected chi connectivity index (χ2v) is 4.98. The van der Waals surface area contributed by atoms with E-state index in [-0.39, 0.29) is 17.9 Å². The third kappa shape index (κ3) is 3.91. The molecule has 0 spiro atoms. The third-order valence-corrected chi connectivity index (χ3v) is 3.42. The summed E-state index contributed by atoms with van der Waals surface area (Å²) < 4.78 is 13.2. The van der Waals surface area contributed by atoms with Crippen LogP contribution in [0.4, 0.5) is 4.39 Å². The van der Waals surface area contributed by atoms with E-state index in [0.717, 1.165) is 18.2 Å². The van der Waals surface area contributed by atoms with Gasteiger partial charge >= 0.3 is 5.97 Å². The Morgan fingerprint density at radius 2 is 1.95 bits per heavy atom. The Kier molecular flexibility index (Phi) is 4.74. The highest BCUT2D eigenvalue weighted by Crippen LogP contribution is 2.20. The average Bonchev–Trinajstić information content (AvgIpc) is 2.66. The number of aliphatic carboxylic acids is 1. The maximum atomic E-state index is 13.2. The van der Waals surface area contributed by atoms with Gasteiger partial charge in [0.25, 0.3) is 5.91 Å². The van der Waals surface area contributed by atoms with E-state index in [0.29, 0.717) is 32.6 Å². The zero-order valence-electron chi connectivity index (χ0n) is 11.5. The first kappa shape index (κ1) is 15.2. The topological polar surface area (TPSA) is 81.1 Å². The van der Waals surface area contributed by atoms with E-state index in [1.165, 1.54) is 4.90 Å². The molecule has 2 rings (SSSR count). The van der Waals surface area contributed by atoms with E-state index >= 15 is 0 Å². The summed E-state index contributed by atoms with van der Waals surface area (Å²) in [5.74, 6) is -2.19. The van der Waals surface area contributed by atoms with E-state index < -0.39 is 17.7 Å². The van der Waals surface area contributed by atoms with E-state index in [9.17, 15) is 19.1 Å². The van der Waals surface area contributed by atoms with Crippen molar-refractivity contribution in [2.45, 2.75) is 6.42 Å². The first-order chi connectivity index (χ1) is 9.97. The van der Waals surface area contributed by atoms with Crippen LogP contribution in [-0.4, -0.2) is 64.6 Å². The van der Waals surface area contributed by atoms with Gasteiger partial charge in [-0.05, 0) is 24.6 Å². The Morgan fingerprint density at radius 3 is 2.67 bits per heavy atom. The number of carboxylic acids is 1. The van der Waals surface area contributed by atoms with Gasteiger partial charge in [0.05, 0.1) is 12.1 Å². The molecule has 1 heterocycles. The molecular formula is C14H17FN2O4. The summed E-state index contributed by atoms with van der Waals surface area (Å²) in [7, 11) is 0. The molecule has 21 heavy (non-hydrogen) atoms. The molecule has 114 valence electrons. The van der Waals surface area contributed by atoms with Crippen LogP contribution in [0, 0.1) is 5.82 Å². The number of rotatable bonds is 3. The van der Waals surface area contributed by atoms with E-state index in [2.05, 4.69) is 0 Å². The van der Waals surface area contributed by atoms with Crippen LogP contribution in [0.2, 0.25) is 0 Å². The molecule has 0 atom stereocenters. The van der Waals surface area contributed by atoms with Crippen molar-refractivity contribution in [3.8, 4) is 5.75 Å². The molecule has 1 amide bonds. The Bertz CT molecular complexity index is 550. The van der Waals surface area contributed by atoms with Gasteiger partial charge in [-0.15, -0.1) is 0 Å². The lowest BCUT2D eigenvalue weighted by atomic mass is 10.1. The highest BCUT2D eigenvalue weighted by atomic mass is 19.1. The molecule has 0 radical (unpaired) electrons. The minimum Gasteiger partial charge on any atom is -0.507 e. The van der Waals surface area contributed by atoms with E-state index in [4.69, 9.17) is 5.11 Å². The quantitative estimate of drug-likeness (QED) is 0.861. The van der Waals surface area contributed by atoms with Crippen LogP contribution in [0.5, 0.6) is 5.75 Å².